The molecule has 5 nitrogen and oxygen atoms in total. The molecule has 2 aromatic carbocycles. The molecule has 1 aromatic heterocycles. The average Bonchev–Trinajstić information content (AvgIpc) is 3.03. The Bertz CT molecular complexity index is 966. The summed E-state index contributed by atoms with van der Waals surface area (Å²) in [6, 6.07) is 17.2. The normalized spacial score (nSPS) is 10.4. The first-order chi connectivity index (χ1) is 12.2. The monoisotopic (exact) mass is 330 g/mol. The van der Waals surface area contributed by atoms with Gasteiger partial charge in [-0.05, 0) is 30.8 Å². The highest BCUT2D eigenvalue weighted by atomic mass is 16.1. The second kappa shape index (κ2) is 7.12. The Labute approximate surface area is 146 Å². The fourth-order valence-corrected chi connectivity index (χ4v) is 2.95. The number of hydrogen-bond acceptors (Lipinski definition) is 4. The molecular weight excluding hydrogens is 312 g/mol. The molecule has 0 spiro atoms. The molecule has 0 amide bonds. The molecular formula is C20H18N4O. The van der Waals surface area contributed by atoms with Crippen molar-refractivity contribution in [3.8, 4) is 28.6 Å². The predicted octanol–water partition coefficient (Wildman–Crippen LogP) is 3.16. The fourth-order valence-electron chi connectivity index (χ4n) is 2.95. The molecule has 0 aliphatic rings. The van der Waals surface area contributed by atoms with Crippen molar-refractivity contribution in [1.82, 2.24) is 15.1 Å². The van der Waals surface area contributed by atoms with Gasteiger partial charge in [0.2, 0.25) is 0 Å². The molecule has 3 rings (SSSR count). The van der Waals surface area contributed by atoms with E-state index in [2.05, 4.69) is 16.5 Å². The van der Waals surface area contributed by atoms with Gasteiger partial charge in [0.25, 0.3) is 0 Å². The van der Waals surface area contributed by atoms with Gasteiger partial charge in [-0.25, -0.2) is 0 Å². The maximum Gasteiger partial charge on any atom is 0.150 e. The molecule has 25 heavy (non-hydrogen) atoms. The van der Waals surface area contributed by atoms with Crippen molar-refractivity contribution in [3.05, 3.63) is 65.2 Å². The Kier molecular flexibility index (Phi) is 4.73. The molecule has 1 heterocycles. The number of aryl methyl sites for hydroxylation is 1. The molecule has 5 heteroatoms. The largest absolute Gasteiger partial charge is 0.316 e. The van der Waals surface area contributed by atoms with Crippen molar-refractivity contribution in [1.29, 1.82) is 5.26 Å². The lowest BCUT2D eigenvalue weighted by atomic mass is 9.98. The number of aromatic nitrogens is 2. The van der Waals surface area contributed by atoms with Gasteiger partial charge in [-0.2, -0.15) is 10.4 Å². The maximum absolute atomic E-state index is 11.4. The summed E-state index contributed by atoms with van der Waals surface area (Å²) in [6.45, 7) is 0.583. The lowest BCUT2D eigenvalue weighted by Gasteiger charge is -2.09. The van der Waals surface area contributed by atoms with E-state index in [1.54, 1.807) is 10.7 Å². The number of nitrogens with zero attached hydrogens (tertiary/aromatic N) is 3. The van der Waals surface area contributed by atoms with Gasteiger partial charge in [0.05, 0.1) is 23.0 Å². The second-order valence-corrected chi connectivity index (χ2v) is 5.75. The lowest BCUT2D eigenvalue weighted by molar-refractivity contribution is 0.112. The summed E-state index contributed by atoms with van der Waals surface area (Å²) in [6.07, 6.45) is 0.871. The molecule has 0 aliphatic heterocycles. The summed E-state index contributed by atoms with van der Waals surface area (Å²) >= 11 is 0. The van der Waals surface area contributed by atoms with Gasteiger partial charge in [-0.3, -0.25) is 9.48 Å². The molecule has 0 bridgehead atoms. The topological polar surface area (TPSA) is 70.7 Å². The van der Waals surface area contributed by atoms with Gasteiger partial charge in [0.15, 0.2) is 0 Å². The smallest absolute Gasteiger partial charge is 0.150 e. The van der Waals surface area contributed by atoms with Gasteiger partial charge in [-0.15, -0.1) is 0 Å². The van der Waals surface area contributed by atoms with E-state index < -0.39 is 0 Å². The summed E-state index contributed by atoms with van der Waals surface area (Å²) in [4.78, 5) is 11.4. The van der Waals surface area contributed by atoms with Crippen LogP contribution in [-0.4, -0.2) is 23.1 Å². The van der Waals surface area contributed by atoms with Gasteiger partial charge in [0.1, 0.15) is 6.29 Å². The van der Waals surface area contributed by atoms with E-state index in [-0.39, 0.29) is 0 Å². The molecule has 0 saturated carbocycles. The minimum Gasteiger partial charge on any atom is -0.316 e. The van der Waals surface area contributed by atoms with Crippen molar-refractivity contribution in [2.75, 3.05) is 7.05 Å². The number of aldehydes is 1. The molecule has 0 unspecified atom stereocenters. The first-order valence-corrected chi connectivity index (χ1v) is 7.94. The zero-order chi connectivity index (χ0) is 17.8. The Hall–Kier alpha value is -3.23. The quantitative estimate of drug-likeness (QED) is 0.730. The van der Waals surface area contributed by atoms with Crippen LogP contribution in [0, 0.1) is 11.3 Å². The third-order valence-corrected chi connectivity index (χ3v) is 4.14. The third-order valence-electron chi connectivity index (χ3n) is 4.14. The number of carbonyl (C=O) groups excluding carboxylic acids is 1. The maximum atomic E-state index is 11.4. The zero-order valence-corrected chi connectivity index (χ0v) is 14.2. The van der Waals surface area contributed by atoms with Gasteiger partial charge in [-0.1, -0.05) is 30.3 Å². The SMILES string of the molecule is CNCc1c(C=O)cccc1-c1cc(-c2cccc(C#N)c2)n(C)n1. The van der Waals surface area contributed by atoms with Crippen molar-refractivity contribution >= 4 is 6.29 Å². The van der Waals surface area contributed by atoms with Crippen LogP contribution in [0.4, 0.5) is 0 Å². The number of hydrogen-bond donors (Lipinski definition) is 1. The molecule has 0 aliphatic carbocycles. The van der Waals surface area contributed by atoms with Crippen LogP contribution in [0.25, 0.3) is 22.5 Å². The number of nitriles is 1. The molecule has 0 radical (unpaired) electrons. The number of benzene rings is 2. The summed E-state index contributed by atoms with van der Waals surface area (Å²) in [7, 11) is 3.72. The molecule has 124 valence electrons. The molecule has 0 saturated heterocycles. The standard InChI is InChI=1S/C20H18N4O/c1-22-12-18-16(13-25)7-4-8-17(18)19-10-20(24(2)23-19)15-6-3-5-14(9-15)11-21/h3-10,13,22H,12H2,1-2H3. The Balaban J connectivity index is 2.12. The van der Waals surface area contributed by atoms with E-state index in [4.69, 9.17) is 5.26 Å². The van der Waals surface area contributed by atoms with Crippen LogP contribution in [0.5, 0.6) is 0 Å². The van der Waals surface area contributed by atoms with Crippen molar-refractivity contribution in [2.24, 2.45) is 7.05 Å². The van der Waals surface area contributed by atoms with E-state index >= 15 is 0 Å². The predicted molar refractivity (Wildman–Crippen MR) is 96.9 cm³/mol. The van der Waals surface area contributed by atoms with Crippen LogP contribution in [-0.2, 0) is 13.6 Å². The molecule has 1 N–H and O–H groups in total. The Morgan fingerprint density at radius 1 is 1.24 bits per heavy atom. The third kappa shape index (κ3) is 3.21. The minimum atomic E-state index is 0.583. The van der Waals surface area contributed by atoms with Crippen LogP contribution >= 0.6 is 0 Å². The highest BCUT2D eigenvalue weighted by Crippen LogP contribution is 2.29. The minimum absolute atomic E-state index is 0.583. The molecule has 0 atom stereocenters. The van der Waals surface area contributed by atoms with Gasteiger partial charge in [0, 0.05) is 30.3 Å². The zero-order valence-electron chi connectivity index (χ0n) is 14.2. The van der Waals surface area contributed by atoms with Crippen molar-refractivity contribution < 1.29 is 4.79 Å². The van der Waals surface area contributed by atoms with Crippen LogP contribution in [0.3, 0.4) is 0 Å². The van der Waals surface area contributed by atoms with E-state index in [0.29, 0.717) is 17.7 Å². The van der Waals surface area contributed by atoms with Crippen molar-refractivity contribution in [3.63, 3.8) is 0 Å². The van der Waals surface area contributed by atoms with Crippen LogP contribution in [0.2, 0.25) is 0 Å². The average molecular weight is 330 g/mol. The molecule has 3 aromatic rings. The first kappa shape index (κ1) is 16.6. The first-order valence-electron chi connectivity index (χ1n) is 7.94. The van der Waals surface area contributed by atoms with Crippen LogP contribution in [0.15, 0.2) is 48.5 Å². The van der Waals surface area contributed by atoms with E-state index in [1.807, 2.05) is 56.6 Å². The summed E-state index contributed by atoms with van der Waals surface area (Å²) in [5, 5.41) is 16.8. The van der Waals surface area contributed by atoms with E-state index in [9.17, 15) is 4.79 Å². The van der Waals surface area contributed by atoms with E-state index in [0.717, 1.165) is 34.4 Å². The van der Waals surface area contributed by atoms with Crippen LogP contribution < -0.4 is 5.32 Å². The summed E-state index contributed by atoms with van der Waals surface area (Å²) < 4.78 is 1.79. The number of nitrogens with one attached hydrogen (secondary N) is 1. The van der Waals surface area contributed by atoms with Crippen LogP contribution in [0.1, 0.15) is 21.5 Å². The highest BCUT2D eigenvalue weighted by molar-refractivity contribution is 5.83. The van der Waals surface area contributed by atoms with Crippen molar-refractivity contribution in [2.45, 2.75) is 6.54 Å². The number of rotatable bonds is 5. The van der Waals surface area contributed by atoms with E-state index in [1.165, 1.54) is 0 Å². The summed E-state index contributed by atoms with van der Waals surface area (Å²) in [5.74, 6) is 0. The Morgan fingerprint density at radius 3 is 2.76 bits per heavy atom. The lowest BCUT2D eigenvalue weighted by Crippen LogP contribution is -2.09. The number of carbonyl (C=O) groups is 1. The van der Waals surface area contributed by atoms with Gasteiger partial charge >= 0.3 is 0 Å². The fraction of sp³-hybridized carbons (Fsp3) is 0.150. The second-order valence-electron chi connectivity index (χ2n) is 5.75. The highest BCUT2D eigenvalue weighted by Gasteiger charge is 2.14. The summed E-state index contributed by atoms with van der Waals surface area (Å²) in [5.41, 5.74) is 5.77. The Morgan fingerprint density at radius 2 is 2.04 bits per heavy atom. The van der Waals surface area contributed by atoms with Gasteiger partial charge < -0.3 is 5.32 Å². The molecule has 0 fully saturated rings.